The monoisotopic (exact) mass is 251 g/mol. The molecule has 0 amide bonds. The van der Waals surface area contributed by atoms with E-state index in [-0.39, 0.29) is 12.3 Å². The molecule has 2 aromatic rings. The van der Waals surface area contributed by atoms with Gasteiger partial charge in [-0.05, 0) is 24.3 Å². The van der Waals surface area contributed by atoms with Crippen LogP contribution in [0.2, 0.25) is 5.02 Å². The number of benzene rings is 2. The molecule has 0 aromatic heterocycles. The molecular formula is C13H11ClFNO. The van der Waals surface area contributed by atoms with Crippen LogP contribution < -0.4 is 10.5 Å². The Morgan fingerprint density at radius 3 is 2.71 bits per heavy atom. The Bertz CT molecular complexity index is 531. The van der Waals surface area contributed by atoms with Gasteiger partial charge in [-0.15, -0.1) is 0 Å². The molecule has 4 heteroatoms. The minimum absolute atomic E-state index is 0.122. The molecule has 0 radical (unpaired) electrons. The van der Waals surface area contributed by atoms with E-state index in [0.29, 0.717) is 16.3 Å². The van der Waals surface area contributed by atoms with Crippen molar-refractivity contribution in [2.24, 2.45) is 0 Å². The zero-order chi connectivity index (χ0) is 12.3. The van der Waals surface area contributed by atoms with Crippen molar-refractivity contribution in [1.29, 1.82) is 0 Å². The number of nitrogen functional groups attached to an aromatic ring is 1. The lowest BCUT2D eigenvalue weighted by atomic mass is 10.2. The first-order chi connectivity index (χ1) is 8.16. The summed E-state index contributed by atoms with van der Waals surface area (Å²) in [6.45, 7) is 0.122. The summed E-state index contributed by atoms with van der Waals surface area (Å²) in [6.07, 6.45) is 0. The zero-order valence-electron chi connectivity index (χ0n) is 8.99. The van der Waals surface area contributed by atoms with E-state index < -0.39 is 5.82 Å². The van der Waals surface area contributed by atoms with Gasteiger partial charge in [0.15, 0.2) is 5.82 Å². The van der Waals surface area contributed by atoms with E-state index >= 15 is 0 Å². The highest BCUT2D eigenvalue weighted by atomic mass is 35.5. The van der Waals surface area contributed by atoms with Crippen LogP contribution in [0.5, 0.6) is 5.75 Å². The third-order valence-electron chi connectivity index (χ3n) is 2.30. The fourth-order valence-corrected chi connectivity index (χ4v) is 1.61. The first-order valence-electron chi connectivity index (χ1n) is 5.08. The van der Waals surface area contributed by atoms with Crippen LogP contribution >= 0.6 is 11.6 Å². The smallest absolute Gasteiger partial charge is 0.152 e. The van der Waals surface area contributed by atoms with Crippen LogP contribution in [0.3, 0.4) is 0 Å². The summed E-state index contributed by atoms with van der Waals surface area (Å²) in [5, 5.41) is 0.579. The van der Waals surface area contributed by atoms with Crippen LogP contribution in [0, 0.1) is 5.82 Å². The molecule has 2 rings (SSSR count). The number of rotatable bonds is 3. The minimum atomic E-state index is -0.436. The zero-order valence-corrected chi connectivity index (χ0v) is 9.75. The summed E-state index contributed by atoms with van der Waals surface area (Å²) < 4.78 is 19.0. The van der Waals surface area contributed by atoms with Crippen LogP contribution in [0.25, 0.3) is 0 Å². The van der Waals surface area contributed by atoms with Crippen molar-refractivity contribution in [1.82, 2.24) is 0 Å². The molecule has 0 saturated carbocycles. The Hall–Kier alpha value is -1.74. The van der Waals surface area contributed by atoms with E-state index in [9.17, 15) is 4.39 Å². The maximum atomic E-state index is 13.6. The third-order valence-corrected chi connectivity index (χ3v) is 2.53. The molecule has 0 aliphatic heterocycles. The lowest BCUT2D eigenvalue weighted by molar-refractivity contribution is 0.300. The second kappa shape index (κ2) is 5.06. The van der Waals surface area contributed by atoms with Gasteiger partial charge < -0.3 is 10.5 Å². The number of ether oxygens (including phenoxy) is 1. The summed E-state index contributed by atoms with van der Waals surface area (Å²) in [5.41, 5.74) is 6.01. The quantitative estimate of drug-likeness (QED) is 0.846. The Balaban J connectivity index is 2.10. The first-order valence-corrected chi connectivity index (χ1v) is 5.46. The third kappa shape index (κ3) is 2.88. The van der Waals surface area contributed by atoms with E-state index in [2.05, 4.69) is 0 Å². The van der Waals surface area contributed by atoms with E-state index in [4.69, 9.17) is 22.1 Å². The van der Waals surface area contributed by atoms with Crippen molar-refractivity contribution in [3.63, 3.8) is 0 Å². The van der Waals surface area contributed by atoms with Gasteiger partial charge in [-0.1, -0.05) is 29.8 Å². The summed E-state index contributed by atoms with van der Waals surface area (Å²) >= 11 is 5.81. The van der Waals surface area contributed by atoms with E-state index in [1.54, 1.807) is 36.4 Å². The molecule has 2 N–H and O–H groups in total. The number of hydrogen-bond donors (Lipinski definition) is 1. The van der Waals surface area contributed by atoms with Gasteiger partial charge >= 0.3 is 0 Å². The van der Waals surface area contributed by atoms with Gasteiger partial charge in [-0.25, -0.2) is 4.39 Å². The van der Waals surface area contributed by atoms with Gasteiger partial charge in [-0.2, -0.15) is 0 Å². The molecular weight excluding hydrogens is 241 g/mol. The van der Waals surface area contributed by atoms with E-state index in [1.807, 2.05) is 0 Å². The average Bonchev–Trinajstić information content (AvgIpc) is 2.31. The Labute approximate surface area is 104 Å². The second-order valence-corrected chi connectivity index (χ2v) is 4.00. The molecule has 17 heavy (non-hydrogen) atoms. The lowest BCUT2D eigenvalue weighted by Gasteiger charge is -2.08. The first kappa shape index (κ1) is 11.7. The highest BCUT2D eigenvalue weighted by molar-refractivity contribution is 6.30. The summed E-state index contributed by atoms with van der Waals surface area (Å²) in [5.74, 6) is 0.161. The molecule has 0 aliphatic carbocycles. The fraction of sp³-hybridized carbons (Fsp3) is 0.0769. The lowest BCUT2D eigenvalue weighted by Crippen LogP contribution is -2.01. The van der Waals surface area contributed by atoms with Crippen LogP contribution in [0.4, 0.5) is 10.1 Å². The largest absolute Gasteiger partial charge is 0.489 e. The number of nitrogens with two attached hydrogens (primary N) is 1. The molecule has 0 heterocycles. The van der Waals surface area contributed by atoms with Gasteiger partial charge in [0.1, 0.15) is 12.4 Å². The molecule has 88 valence electrons. The van der Waals surface area contributed by atoms with E-state index in [0.717, 1.165) is 0 Å². The van der Waals surface area contributed by atoms with Crippen molar-refractivity contribution in [2.75, 3.05) is 5.73 Å². The number of anilines is 1. The molecule has 2 nitrogen and oxygen atoms in total. The predicted molar refractivity (Wildman–Crippen MR) is 66.6 cm³/mol. The summed E-state index contributed by atoms with van der Waals surface area (Å²) in [7, 11) is 0. The molecule has 0 bridgehead atoms. The number of halogens is 2. The highest BCUT2D eigenvalue weighted by Gasteiger charge is 2.05. The van der Waals surface area contributed by atoms with Crippen molar-refractivity contribution in [3.05, 3.63) is 58.9 Å². The molecule has 0 spiro atoms. The van der Waals surface area contributed by atoms with Gasteiger partial charge in [0.05, 0.1) is 5.69 Å². The van der Waals surface area contributed by atoms with Gasteiger partial charge in [0.25, 0.3) is 0 Å². The van der Waals surface area contributed by atoms with E-state index in [1.165, 1.54) is 6.07 Å². The van der Waals surface area contributed by atoms with Gasteiger partial charge in [-0.3, -0.25) is 0 Å². The Morgan fingerprint density at radius 2 is 1.94 bits per heavy atom. The second-order valence-electron chi connectivity index (χ2n) is 3.57. The molecule has 0 fully saturated rings. The van der Waals surface area contributed by atoms with Crippen LogP contribution in [0.1, 0.15) is 5.56 Å². The van der Waals surface area contributed by atoms with Crippen molar-refractivity contribution >= 4 is 17.3 Å². The van der Waals surface area contributed by atoms with Gasteiger partial charge in [0.2, 0.25) is 0 Å². The molecule has 2 aromatic carbocycles. The molecule has 0 aliphatic rings. The molecule has 0 unspecified atom stereocenters. The Morgan fingerprint density at radius 1 is 1.18 bits per heavy atom. The van der Waals surface area contributed by atoms with Crippen molar-refractivity contribution in [3.8, 4) is 5.75 Å². The average molecular weight is 252 g/mol. The molecule has 0 saturated heterocycles. The normalized spacial score (nSPS) is 10.2. The Kier molecular flexibility index (Phi) is 3.49. The standard InChI is InChI=1S/C13H11ClFNO/c14-10-4-2-5-11(7-10)17-8-9-3-1-6-12(16)13(9)15/h1-7H,8,16H2. The van der Waals surface area contributed by atoms with Crippen LogP contribution in [-0.2, 0) is 6.61 Å². The highest BCUT2D eigenvalue weighted by Crippen LogP contribution is 2.20. The predicted octanol–water partition coefficient (Wildman–Crippen LogP) is 3.64. The maximum Gasteiger partial charge on any atom is 0.152 e. The summed E-state index contributed by atoms with van der Waals surface area (Å²) in [6, 6.07) is 11.8. The molecule has 0 atom stereocenters. The van der Waals surface area contributed by atoms with Crippen LogP contribution in [-0.4, -0.2) is 0 Å². The maximum absolute atomic E-state index is 13.6. The fourth-order valence-electron chi connectivity index (χ4n) is 1.43. The van der Waals surface area contributed by atoms with Gasteiger partial charge in [0, 0.05) is 10.6 Å². The van der Waals surface area contributed by atoms with Crippen molar-refractivity contribution < 1.29 is 9.13 Å². The minimum Gasteiger partial charge on any atom is -0.489 e. The van der Waals surface area contributed by atoms with Crippen molar-refractivity contribution in [2.45, 2.75) is 6.61 Å². The topological polar surface area (TPSA) is 35.2 Å². The number of hydrogen-bond acceptors (Lipinski definition) is 2. The summed E-state index contributed by atoms with van der Waals surface area (Å²) in [4.78, 5) is 0. The van der Waals surface area contributed by atoms with Crippen LogP contribution in [0.15, 0.2) is 42.5 Å². The SMILES string of the molecule is Nc1cccc(COc2cccc(Cl)c2)c1F.